The lowest BCUT2D eigenvalue weighted by Crippen LogP contribution is -2.22. The van der Waals surface area contributed by atoms with Crippen molar-refractivity contribution >= 4 is 21.2 Å². The first kappa shape index (κ1) is 21.6. The molecule has 0 unspecified atom stereocenters. The molecule has 0 N–H and O–H groups in total. The van der Waals surface area contributed by atoms with Gasteiger partial charge in [0, 0.05) is 24.7 Å². The zero-order chi connectivity index (χ0) is 20.9. The van der Waals surface area contributed by atoms with Gasteiger partial charge in [-0.3, -0.25) is 4.90 Å². The van der Waals surface area contributed by atoms with Gasteiger partial charge in [0.1, 0.15) is 5.01 Å². The van der Waals surface area contributed by atoms with Gasteiger partial charge >= 0.3 is 0 Å². The number of rotatable bonds is 10. The molecule has 29 heavy (non-hydrogen) atoms. The number of hydrogen-bond donors (Lipinski definition) is 0. The topological polar surface area (TPSA) is 77.3 Å². The van der Waals surface area contributed by atoms with E-state index in [1.165, 1.54) is 7.11 Å². The third-order valence-corrected chi connectivity index (χ3v) is 6.96. The summed E-state index contributed by atoms with van der Waals surface area (Å²) in [6.07, 6.45) is 1.66. The molecule has 9 heteroatoms. The van der Waals surface area contributed by atoms with E-state index in [4.69, 9.17) is 4.74 Å². The lowest BCUT2D eigenvalue weighted by Gasteiger charge is -2.18. The van der Waals surface area contributed by atoms with E-state index >= 15 is 0 Å². The van der Waals surface area contributed by atoms with Crippen LogP contribution in [-0.2, 0) is 34.2 Å². The third kappa shape index (κ3) is 5.72. The number of aromatic nitrogens is 3. The Morgan fingerprint density at radius 1 is 1.21 bits per heavy atom. The van der Waals surface area contributed by atoms with Crippen molar-refractivity contribution in [3.63, 3.8) is 0 Å². The Hall–Kier alpha value is -2.07. The van der Waals surface area contributed by atoms with Crippen LogP contribution < -0.4 is 0 Å². The quantitative estimate of drug-likeness (QED) is 0.488. The minimum Gasteiger partial charge on any atom is -0.384 e. The summed E-state index contributed by atoms with van der Waals surface area (Å²) in [4.78, 5) is 10.9. The predicted molar refractivity (Wildman–Crippen MR) is 114 cm³/mol. The van der Waals surface area contributed by atoms with Crippen LogP contribution in [0.5, 0.6) is 0 Å². The van der Waals surface area contributed by atoms with Crippen LogP contribution in [-0.4, -0.2) is 54.4 Å². The van der Waals surface area contributed by atoms with Gasteiger partial charge in [-0.2, -0.15) is 0 Å². The number of benzene rings is 1. The van der Waals surface area contributed by atoms with Gasteiger partial charge < -0.3 is 9.30 Å². The normalized spacial score (nSPS) is 12.0. The molecule has 0 bridgehead atoms. The highest BCUT2D eigenvalue weighted by Gasteiger charge is 2.24. The Labute approximate surface area is 175 Å². The van der Waals surface area contributed by atoms with Gasteiger partial charge in [-0.15, -0.1) is 11.3 Å². The molecule has 0 aliphatic rings. The lowest BCUT2D eigenvalue weighted by molar-refractivity contribution is 0.217. The van der Waals surface area contributed by atoms with Gasteiger partial charge in [0.05, 0.1) is 37.3 Å². The van der Waals surface area contributed by atoms with Crippen LogP contribution in [0.4, 0.5) is 0 Å². The van der Waals surface area contributed by atoms with E-state index in [2.05, 4.69) is 14.9 Å². The third-order valence-electron chi connectivity index (χ3n) is 4.42. The van der Waals surface area contributed by atoms with E-state index in [0.717, 1.165) is 22.0 Å². The molecule has 0 amide bonds. The fourth-order valence-corrected chi connectivity index (χ4v) is 5.17. The second-order valence-electron chi connectivity index (χ2n) is 6.97. The highest BCUT2D eigenvalue weighted by molar-refractivity contribution is 7.91. The monoisotopic (exact) mass is 434 g/mol. The molecule has 0 spiro atoms. The fraction of sp³-hybridized carbons (Fsp3) is 0.400. The van der Waals surface area contributed by atoms with Crippen molar-refractivity contribution in [3.8, 4) is 0 Å². The first-order valence-corrected chi connectivity index (χ1v) is 11.8. The first-order chi connectivity index (χ1) is 13.9. The summed E-state index contributed by atoms with van der Waals surface area (Å²) in [6, 6.07) is 9.80. The van der Waals surface area contributed by atoms with Gasteiger partial charge in [-0.25, -0.2) is 18.4 Å². The van der Waals surface area contributed by atoms with E-state index in [1.807, 2.05) is 49.7 Å². The van der Waals surface area contributed by atoms with Gasteiger partial charge in [-0.05, 0) is 19.5 Å². The Morgan fingerprint density at radius 3 is 2.62 bits per heavy atom. The van der Waals surface area contributed by atoms with Crippen LogP contribution in [0.3, 0.4) is 0 Å². The maximum absolute atomic E-state index is 12.8. The van der Waals surface area contributed by atoms with Crippen LogP contribution in [0.1, 0.15) is 22.0 Å². The largest absolute Gasteiger partial charge is 0.384 e. The molecular weight excluding hydrogens is 408 g/mol. The molecule has 1 aromatic carbocycles. The summed E-state index contributed by atoms with van der Waals surface area (Å²) >= 11 is 1.63. The van der Waals surface area contributed by atoms with E-state index in [0.29, 0.717) is 19.6 Å². The number of thiazole rings is 1. The molecule has 3 aromatic rings. The summed E-state index contributed by atoms with van der Waals surface area (Å²) in [7, 11) is -0.0572. The SMILES string of the molecule is COCCS(=O)(=O)c1ncc(CN(C)Cc2nc(C)cs2)n1Cc1ccccc1. The minimum atomic E-state index is -3.55. The van der Waals surface area contributed by atoms with E-state index in [-0.39, 0.29) is 17.5 Å². The Morgan fingerprint density at radius 2 is 1.97 bits per heavy atom. The highest BCUT2D eigenvalue weighted by atomic mass is 32.2. The number of hydrogen-bond acceptors (Lipinski definition) is 7. The second-order valence-corrected chi connectivity index (χ2v) is 9.92. The van der Waals surface area contributed by atoms with Crippen LogP contribution in [0.25, 0.3) is 0 Å². The summed E-state index contributed by atoms with van der Waals surface area (Å²) in [5, 5.41) is 3.16. The Bertz CT molecular complexity index is 1030. The molecule has 3 rings (SSSR count). The van der Waals surface area contributed by atoms with Gasteiger partial charge in [0.15, 0.2) is 0 Å². The molecule has 156 valence electrons. The Kier molecular flexibility index (Phi) is 7.18. The number of methoxy groups -OCH3 is 1. The van der Waals surface area contributed by atoms with Crippen molar-refractivity contribution in [2.45, 2.75) is 31.7 Å². The summed E-state index contributed by atoms with van der Waals surface area (Å²) in [6.45, 7) is 3.83. The number of nitrogens with zero attached hydrogens (tertiary/aromatic N) is 4. The fourth-order valence-electron chi connectivity index (χ4n) is 3.02. The van der Waals surface area contributed by atoms with Crippen molar-refractivity contribution in [2.24, 2.45) is 0 Å². The predicted octanol–water partition coefficient (Wildman–Crippen LogP) is 2.75. The number of imidazole rings is 1. The minimum absolute atomic E-state index is 0.0897. The van der Waals surface area contributed by atoms with Crippen LogP contribution in [0.15, 0.2) is 47.1 Å². The summed E-state index contributed by atoms with van der Waals surface area (Å²) < 4.78 is 32.4. The summed E-state index contributed by atoms with van der Waals surface area (Å²) in [5.74, 6) is -0.0943. The molecule has 0 aliphatic carbocycles. The van der Waals surface area contributed by atoms with E-state index in [1.54, 1.807) is 22.1 Å². The lowest BCUT2D eigenvalue weighted by atomic mass is 10.2. The van der Waals surface area contributed by atoms with E-state index < -0.39 is 9.84 Å². The van der Waals surface area contributed by atoms with E-state index in [9.17, 15) is 8.42 Å². The molecule has 7 nitrogen and oxygen atoms in total. The van der Waals surface area contributed by atoms with Crippen molar-refractivity contribution in [3.05, 3.63) is 63.9 Å². The Balaban J connectivity index is 1.87. The van der Waals surface area contributed by atoms with Crippen molar-refractivity contribution in [2.75, 3.05) is 26.5 Å². The average molecular weight is 435 g/mol. The van der Waals surface area contributed by atoms with Gasteiger partial charge in [0.2, 0.25) is 15.0 Å². The highest BCUT2D eigenvalue weighted by Crippen LogP contribution is 2.19. The van der Waals surface area contributed by atoms with Crippen molar-refractivity contribution in [1.82, 2.24) is 19.4 Å². The molecule has 0 aliphatic heterocycles. The van der Waals surface area contributed by atoms with Crippen LogP contribution >= 0.6 is 11.3 Å². The number of aryl methyl sites for hydroxylation is 1. The molecule has 2 heterocycles. The second kappa shape index (κ2) is 9.62. The van der Waals surface area contributed by atoms with Crippen molar-refractivity contribution in [1.29, 1.82) is 0 Å². The van der Waals surface area contributed by atoms with Crippen LogP contribution in [0.2, 0.25) is 0 Å². The molecule has 0 atom stereocenters. The molecule has 2 aromatic heterocycles. The summed E-state index contributed by atoms with van der Waals surface area (Å²) in [5.41, 5.74) is 2.88. The zero-order valence-corrected chi connectivity index (χ0v) is 18.5. The molecule has 0 saturated carbocycles. The zero-order valence-electron chi connectivity index (χ0n) is 16.9. The van der Waals surface area contributed by atoms with Gasteiger partial charge in [-0.1, -0.05) is 30.3 Å². The standard InChI is InChI=1S/C20H26N4O3S2/c1-16-15-28-19(22-16)14-23(2)13-18-11-21-20(29(25,26)10-9-27-3)24(18)12-17-7-5-4-6-8-17/h4-8,11,15H,9-10,12-14H2,1-3H3. The average Bonchev–Trinajstić information content (AvgIpc) is 3.27. The van der Waals surface area contributed by atoms with Crippen LogP contribution in [0, 0.1) is 6.92 Å². The van der Waals surface area contributed by atoms with Crippen molar-refractivity contribution < 1.29 is 13.2 Å². The first-order valence-electron chi connectivity index (χ1n) is 9.28. The molecule has 0 radical (unpaired) electrons. The molecule has 0 fully saturated rings. The number of ether oxygens (including phenoxy) is 1. The maximum atomic E-state index is 12.8. The number of sulfone groups is 1. The molecular formula is C20H26N4O3S2. The smallest absolute Gasteiger partial charge is 0.228 e. The maximum Gasteiger partial charge on any atom is 0.228 e. The van der Waals surface area contributed by atoms with Gasteiger partial charge in [0.25, 0.3) is 0 Å². The molecule has 0 saturated heterocycles.